The second kappa shape index (κ2) is 3.83. The van der Waals surface area contributed by atoms with E-state index in [2.05, 4.69) is 22.2 Å². The van der Waals surface area contributed by atoms with Crippen molar-refractivity contribution in [3.05, 3.63) is 23.3 Å². The lowest BCUT2D eigenvalue weighted by Crippen LogP contribution is -2.36. The van der Waals surface area contributed by atoms with Gasteiger partial charge in [0.2, 0.25) is 0 Å². The number of nitrogens with zero attached hydrogens (tertiary/aromatic N) is 2. The van der Waals surface area contributed by atoms with E-state index in [4.69, 9.17) is 5.73 Å². The Kier molecular flexibility index (Phi) is 2.63. The minimum Gasteiger partial charge on any atom is -0.364 e. The average molecular weight is 220 g/mol. The maximum Gasteiger partial charge on any atom is 0.267 e. The first kappa shape index (κ1) is 11.0. The molecule has 16 heavy (non-hydrogen) atoms. The number of hydrogen-bond donors (Lipinski definition) is 2. The summed E-state index contributed by atoms with van der Waals surface area (Å²) in [5.74, 6) is 0.159. The number of rotatable bonds is 2. The van der Waals surface area contributed by atoms with Crippen LogP contribution in [0.4, 0.5) is 0 Å². The second-order valence-corrected chi connectivity index (χ2v) is 4.44. The van der Waals surface area contributed by atoms with E-state index in [-0.39, 0.29) is 11.2 Å². The SMILES string of the molecule is Cc1cc(C(N)=O)nc(C2(C)CCCN2)n1. The van der Waals surface area contributed by atoms with E-state index in [0.717, 1.165) is 25.1 Å². The lowest BCUT2D eigenvalue weighted by Gasteiger charge is -2.22. The van der Waals surface area contributed by atoms with Crippen molar-refractivity contribution >= 4 is 5.91 Å². The molecule has 5 nitrogen and oxygen atoms in total. The molecule has 1 aliphatic heterocycles. The standard InChI is InChI=1S/C11H16N4O/c1-7-6-8(9(12)16)15-10(14-7)11(2)4-3-5-13-11/h6,13H,3-5H2,1-2H3,(H2,12,16). The molecule has 1 aromatic heterocycles. The third-order valence-electron chi connectivity index (χ3n) is 2.97. The molecule has 3 N–H and O–H groups in total. The van der Waals surface area contributed by atoms with Crippen molar-refractivity contribution in [2.24, 2.45) is 5.73 Å². The summed E-state index contributed by atoms with van der Waals surface area (Å²) in [6, 6.07) is 1.62. The van der Waals surface area contributed by atoms with Gasteiger partial charge in [0.15, 0.2) is 0 Å². The lowest BCUT2D eigenvalue weighted by atomic mass is 9.99. The van der Waals surface area contributed by atoms with Crippen LogP contribution in [0.15, 0.2) is 6.07 Å². The summed E-state index contributed by atoms with van der Waals surface area (Å²) in [6.45, 7) is 4.86. The van der Waals surface area contributed by atoms with Crippen LogP contribution in [0.2, 0.25) is 0 Å². The molecular weight excluding hydrogens is 204 g/mol. The van der Waals surface area contributed by atoms with E-state index >= 15 is 0 Å². The summed E-state index contributed by atoms with van der Waals surface area (Å²) in [7, 11) is 0. The number of nitrogens with one attached hydrogen (secondary N) is 1. The van der Waals surface area contributed by atoms with Gasteiger partial charge in [-0.05, 0) is 39.3 Å². The third-order valence-corrected chi connectivity index (χ3v) is 2.97. The zero-order chi connectivity index (χ0) is 11.8. The van der Waals surface area contributed by atoms with Crippen LogP contribution in [-0.4, -0.2) is 22.4 Å². The molecule has 0 aromatic carbocycles. The number of aromatic nitrogens is 2. The number of carbonyl (C=O) groups is 1. The molecule has 1 atom stereocenters. The molecule has 0 radical (unpaired) electrons. The molecule has 0 saturated carbocycles. The Labute approximate surface area is 94.5 Å². The van der Waals surface area contributed by atoms with Crippen LogP contribution >= 0.6 is 0 Å². The first-order chi connectivity index (χ1) is 7.51. The van der Waals surface area contributed by atoms with Gasteiger partial charge in [0, 0.05) is 5.69 Å². The average Bonchev–Trinajstić information content (AvgIpc) is 2.65. The quantitative estimate of drug-likeness (QED) is 0.759. The minimum atomic E-state index is -0.506. The molecule has 0 bridgehead atoms. The van der Waals surface area contributed by atoms with E-state index in [1.165, 1.54) is 0 Å². The molecular formula is C11H16N4O. The highest BCUT2D eigenvalue weighted by atomic mass is 16.1. The van der Waals surface area contributed by atoms with Crippen LogP contribution in [0.5, 0.6) is 0 Å². The van der Waals surface area contributed by atoms with Gasteiger partial charge >= 0.3 is 0 Å². The predicted molar refractivity (Wildman–Crippen MR) is 59.9 cm³/mol. The van der Waals surface area contributed by atoms with Gasteiger partial charge in [0.25, 0.3) is 5.91 Å². The smallest absolute Gasteiger partial charge is 0.267 e. The molecule has 1 fully saturated rings. The van der Waals surface area contributed by atoms with Gasteiger partial charge in [-0.1, -0.05) is 0 Å². The number of hydrogen-bond acceptors (Lipinski definition) is 4. The van der Waals surface area contributed by atoms with Gasteiger partial charge in [-0.2, -0.15) is 0 Å². The van der Waals surface area contributed by atoms with Gasteiger partial charge in [-0.15, -0.1) is 0 Å². The van der Waals surface area contributed by atoms with Crippen molar-refractivity contribution in [1.82, 2.24) is 15.3 Å². The fourth-order valence-electron chi connectivity index (χ4n) is 2.03. The second-order valence-electron chi connectivity index (χ2n) is 4.44. The van der Waals surface area contributed by atoms with E-state index in [1.54, 1.807) is 6.07 Å². The number of carbonyl (C=O) groups excluding carboxylic acids is 1. The Morgan fingerprint density at radius 1 is 1.56 bits per heavy atom. The highest BCUT2D eigenvalue weighted by molar-refractivity contribution is 5.90. The van der Waals surface area contributed by atoms with Gasteiger partial charge in [0.1, 0.15) is 11.5 Å². The van der Waals surface area contributed by atoms with Gasteiger partial charge < -0.3 is 11.1 Å². The van der Waals surface area contributed by atoms with Gasteiger partial charge in [0.05, 0.1) is 5.54 Å². The Morgan fingerprint density at radius 3 is 2.88 bits per heavy atom. The summed E-state index contributed by atoms with van der Waals surface area (Å²) in [4.78, 5) is 19.8. The third kappa shape index (κ3) is 1.90. The maximum atomic E-state index is 11.1. The van der Waals surface area contributed by atoms with E-state index < -0.39 is 5.91 Å². The molecule has 1 amide bonds. The van der Waals surface area contributed by atoms with Crippen LogP contribution in [0, 0.1) is 6.92 Å². The van der Waals surface area contributed by atoms with Crippen molar-refractivity contribution in [2.75, 3.05) is 6.54 Å². The van der Waals surface area contributed by atoms with Crippen LogP contribution in [-0.2, 0) is 5.54 Å². The molecule has 1 saturated heterocycles. The molecule has 2 heterocycles. The molecule has 1 unspecified atom stereocenters. The first-order valence-electron chi connectivity index (χ1n) is 5.42. The van der Waals surface area contributed by atoms with Crippen molar-refractivity contribution in [3.63, 3.8) is 0 Å². The first-order valence-corrected chi connectivity index (χ1v) is 5.42. The van der Waals surface area contributed by atoms with Gasteiger partial charge in [-0.3, -0.25) is 4.79 Å². The van der Waals surface area contributed by atoms with E-state index in [0.29, 0.717) is 5.82 Å². The van der Waals surface area contributed by atoms with Crippen molar-refractivity contribution in [1.29, 1.82) is 0 Å². The summed E-state index contributed by atoms with van der Waals surface area (Å²) in [5, 5.41) is 3.37. The number of amides is 1. The molecule has 0 aliphatic carbocycles. The molecule has 86 valence electrons. The molecule has 1 aromatic rings. The number of primary amides is 1. The summed E-state index contributed by atoms with van der Waals surface area (Å²) in [5.41, 5.74) is 6.08. The van der Waals surface area contributed by atoms with Crippen molar-refractivity contribution < 1.29 is 4.79 Å². The summed E-state index contributed by atoms with van der Waals surface area (Å²) >= 11 is 0. The van der Waals surface area contributed by atoms with Crippen LogP contribution in [0.25, 0.3) is 0 Å². The molecule has 0 spiro atoms. The maximum absolute atomic E-state index is 11.1. The number of nitrogens with two attached hydrogens (primary N) is 1. The zero-order valence-corrected chi connectivity index (χ0v) is 9.58. The Balaban J connectivity index is 2.44. The monoisotopic (exact) mass is 220 g/mol. The van der Waals surface area contributed by atoms with Crippen molar-refractivity contribution in [3.8, 4) is 0 Å². The fourth-order valence-corrected chi connectivity index (χ4v) is 2.03. The minimum absolute atomic E-state index is 0.226. The van der Waals surface area contributed by atoms with Crippen molar-refractivity contribution in [2.45, 2.75) is 32.2 Å². The summed E-state index contributed by atoms with van der Waals surface area (Å²) < 4.78 is 0. The van der Waals surface area contributed by atoms with E-state index in [1.807, 2.05) is 6.92 Å². The topological polar surface area (TPSA) is 80.9 Å². The van der Waals surface area contributed by atoms with Gasteiger partial charge in [-0.25, -0.2) is 9.97 Å². The normalized spacial score (nSPS) is 24.6. The highest BCUT2D eigenvalue weighted by Crippen LogP contribution is 2.27. The van der Waals surface area contributed by atoms with Crippen LogP contribution in [0.3, 0.4) is 0 Å². The molecule has 2 rings (SSSR count). The predicted octanol–water partition coefficient (Wildman–Crippen LogP) is 0.483. The van der Waals surface area contributed by atoms with E-state index in [9.17, 15) is 4.79 Å². The fraction of sp³-hybridized carbons (Fsp3) is 0.545. The summed E-state index contributed by atoms with van der Waals surface area (Å²) in [6.07, 6.45) is 2.08. The van der Waals surface area contributed by atoms with Crippen LogP contribution < -0.4 is 11.1 Å². The lowest BCUT2D eigenvalue weighted by molar-refractivity contribution is 0.0994. The Morgan fingerprint density at radius 2 is 2.31 bits per heavy atom. The Hall–Kier alpha value is -1.49. The van der Waals surface area contributed by atoms with Crippen LogP contribution in [0.1, 0.15) is 41.8 Å². The molecule has 5 heteroatoms. The largest absolute Gasteiger partial charge is 0.364 e. The number of aryl methyl sites for hydroxylation is 1. The highest BCUT2D eigenvalue weighted by Gasteiger charge is 2.33. The zero-order valence-electron chi connectivity index (χ0n) is 9.58. The Bertz CT molecular complexity index is 424. The molecule has 1 aliphatic rings.